The van der Waals surface area contributed by atoms with Gasteiger partial charge >= 0.3 is 6.09 Å². The van der Waals surface area contributed by atoms with Gasteiger partial charge in [-0.2, -0.15) is 0 Å². The van der Waals surface area contributed by atoms with Gasteiger partial charge in [-0.15, -0.1) is 0 Å². The Morgan fingerprint density at radius 2 is 2.04 bits per heavy atom. The Hall–Kier alpha value is -2.31. The Labute approximate surface area is 135 Å². The molecule has 0 saturated carbocycles. The van der Waals surface area contributed by atoms with Gasteiger partial charge in [-0.05, 0) is 33.3 Å². The van der Waals surface area contributed by atoms with Crippen molar-refractivity contribution in [1.82, 2.24) is 4.90 Å². The van der Waals surface area contributed by atoms with Crippen LogP contribution < -0.4 is 4.90 Å². The van der Waals surface area contributed by atoms with Crippen LogP contribution in [0.3, 0.4) is 0 Å². The molecule has 7 heteroatoms. The van der Waals surface area contributed by atoms with Crippen molar-refractivity contribution in [2.24, 2.45) is 0 Å². The molecule has 1 aromatic rings. The van der Waals surface area contributed by atoms with Gasteiger partial charge in [0.1, 0.15) is 5.60 Å². The van der Waals surface area contributed by atoms with E-state index in [1.54, 1.807) is 17.0 Å². The molecule has 2 fully saturated rings. The Kier molecular flexibility index (Phi) is 3.66. The minimum atomic E-state index is -0.501. The Balaban J connectivity index is 1.70. The first kappa shape index (κ1) is 15.6. The number of non-ortho nitro benzene ring substituents is 1. The van der Waals surface area contributed by atoms with Gasteiger partial charge in [0.25, 0.3) is 5.69 Å². The van der Waals surface area contributed by atoms with Crippen molar-refractivity contribution in [2.45, 2.75) is 44.9 Å². The predicted octanol–water partition coefficient (Wildman–Crippen LogP) is 2.79. The van der Waals surface area contributed by atoms with E-state index in [1.807, 2.05) is 26.8 Å². The molecule has 1 amide bonds. The van der Waals surface area contributed by atoms with Gasteiger partial charge < -0.3 is 14.5 Å². The highest BCUT2D eigenvalue weighted by Crippen LogP contribution is 2.36. The molecule has 0 N–H and O–H groups in total. The molecule has 0 spiro atoms. The highest BCUT2D eigenvalue weighted by molar-refractivity contribution is 5.70. The number of benzene rings is 1. The van der Waals surface area contributed by atoms with Crippen LogP contribution in [0.15, 0.2) is 24.3 Å². The lowest BCUT2D eigenvalue weighted by atomic mass is 10.2. The first-order valence-corrected chi connectivity index (χ1v) is 7.75. The highest BCUT2D eigenvalue weighted by atomic mass is 16.6. The van der Waals surface area contributed by atoms with Crippen LogP contribution in [0.4, 0.5) is 16.2 Å². The van der Waals surface area contributed by atoms with Crippen molar-refractivity contribution < 1.29 is 14.5 Å². The maximum Gasteiger partial charge on any atom is 0.410 e. The third-order valence-corrected chi connectivity index (χ3v) is 4.24. The number of amides is 1. The molecular weight excluding hydrogens is 298 g/mol. The lowest BCUT2D eigenvalue weighted by Crippen LogP contribution is -2.50. The number of fused-ring (bicyclic) bond motifs is 2. The summed E-state index contributed by atoms with van der Waals surface area (Å²) in [6.07, 6.45) is 0.603. The zero-order chi connectivity index (χ0) is 16.8. The Bertz CT molecular complexity index is 640. The second kappa shape index (κ2) is 5.40. The van der Waals surface area contributed by atoms with Crippen LogP contribution in [0, 0.1) is 10.1 Å². The number of carbonyl (C=O) groups is 1. The molecule has 7 nitrogen and oxygen atoms in total. The summed E-state index contributed by atoms with van der Waals surface area (Å²) >= 11 is 0. The van der Waals surface area contributed by atoms with E-state index in [2.05, 4.69) is 4.90 Å². The van der Waals surface area contributed by atoms with Gasteiger partial charge in [0.05, 0.1) is 11.0 Å². The molecule has 0 unspecified atom stereocenters. The van der Waals surface area contributed by atoms with Gasteiger partial charge in [0.15, 0.2) is 0 Å². The van der Waals surface area contributed by atoms with E-state index >= 15 is 0 Å². The van der Waals surface area contributed by atoms with Crippen molar-refractivity contribution in [1.29, 1.82) is 0 Å². The Morgan fingerprint density at radius 1 is 1.30 bits per heavy atom. The highest BCUT2D eigenvalue weighted by Gasteiger charge is 2.46. The molecule has 0 aromatic heterocycles. The number of likely N-dealkylation sites (tertiary alicyclic amines) is 1. The quantitative estimate of drug-likeness (QED) is 0.619. The van der Waals surface area contributed by atoms with Crippen LogP contribution in [0.25, 0.3) is 0 Å². The fourth-order valence-electron chi connectivity index (χ4n) is 3.31. The summed E-state index contributed by atoms with van der Waals surface area (Å²) in [4.78, 5) is 26.7. The van der Waals surface area contributed by atoms with Crippen molar-refractivity contribution in [3.05, 3.63) is 34.4 Å². The molecule has 124 valence electrons. The minimum absolute atomic E-state index is 0.0919. The maximum atomic E-state index is 12.2. The summed E-state index contributed by atoms with van der Waals surface area (Å²) in [6.45, 7) is 6.85. The lowest BCUT2D eigenvalue weighted by Gasteiger charge is -2.36. The van der Waals surface area contributed by atoms with Crippen LogP contribution in [0.5, 0.6) is 0 Å². The second-order valence-corrected chi connectivity index (χ2v) is 7.11. The number of rotatable bonds is 2. The first-order valence-electron chi connectivity index (χ1n) is 7.75. The summed E-state index contributed by atoms with van der Waals surface area (Å²) in [5, 5.41) is 10.9. The van der Waals surface area contributed by atoms with E-state index in [0.29, 0.717) is 13.1 Å². The van der Waals surface area contributed by atoms with Crippen molar-refractivity contribution in [3.8, 4) is 0 Å². The molecule has 2 saturated heterocycles. The molecule has 2 bridgehead atoms. The van der Waals surface area contributed by atoms with E-state index in [0.717, 1.165) is 12.1 Å². The van der Waals surface area contributed by atoms with Crippen LogP contribution in [0.1, 0.15) is 27.2 Å². The van der Waals surface area contributed by atoms with E-state index in [9.17, 15) is 14.9 Å². The third-order valence-electron chi connectivity index (χ3n) is 4.24. The fraction of sp³-hybridized carbons (Fsp3) is 0.562. The normalized spacial score (nSPS) is 23.3. The number of nitro benzene ring substituents is 1. The van der Waals surface area contributed by atoms with E-state index in [1.165, 1.54) is 6.07 Å². The van der Waals surface area contributed by atoms with Crippen LogP contribution >= 0.6 is 0 Å². The molecule has 2 atom stereocenters. The van der Waals surface area contributed by atoms with Crippen LogP contribution in [-0.4, -0.2) is 46.7 Å². The molecule has 2 aliphatic rings. The Morgan fingerprint density at radius 3 is 2.61 bits per heavy atom. The average Bonchev–Trinajstić information content (AvgIpc) is 3.05. The standard InChI is InChI=1S/C16H21N3O4/c1-16(2,3)23-15(20)18-10-13-8-14(18)9-17(13)11-5-4-6-12(7-11)19(21)22/h4-7,13-14H,8-10H2,1-3H3/t13-,14-/m0/s1. The smallest absolute Gasteiger partial charge is 0.410 e. The number of piperazine rings is 1. The average molecular weight is 319 g/mol. The summed E-state index contributed by atoms with van der Waals surface area (Å²) < 4.78 is 5.44. The lowest BCUT2D eigenvalue weighted by molar-refractivity contribution is -0.384. The maximum absolute atomic E-state index is 12.2. The summed E-state index contributed by atoms with van der Waals surface area (Å²) in [7, 11) is 0. The molecular formula is C16H21N3O4. The fourth-order valence-corrected chi connectivity index (χ4v) is 3.31. The molecule has 23 heavy (non-hydrogen) atoms. The first-order chi connectivity index (χ1) is 10.7. The van der Waals surface area contributed by atoms with Gasteiger partial charge in [0.2, 0.25) is 0 Å². The molecule has 3 rings (SSSR count). The number of hydrogen-bond donors (Lipinski definition) is 0. The molecule has 0 aliphatic carbocycles. The minimum Gasteiger partial charge on any atom is -0.444 e. The van der Waals surface area contributed by atoms with Crippen LogP contribution in [0.2, 0.25) is 0 Å². The third kappa shape index (κ3) is 3.09. The van der Waals surface area contributed by atoms with Crippen molar-refractivity contribution in [3.63, 3.8) is 0 Å². The number of nitrogens with zero attached hydrogens (tertiary/aromatic N) is 3. The molecule has 2 aliphatic heterocycles. The van der Waals surface area contributed by atoms with Gasteiger partial charge in [-0.25, -0.2) is 4.79 Å². The summed E-state index contributed by atoms with van der Waals surface area (Å²) in [5.74, 6) is 0. The van der Waals surface area contributed by atoms with E-state index < -0.39 is 5.60 Å². The number of hydrogen-bond acceptors (Lipinski definition) is 5. The van der Waals surface area contributed by atoms with Gasteiger partial charge in [-0.1, -0.05) is 6.07 Å². The van der Waals surface area contributed by atoms with Crippen molar-refractivity contribution in [2.75, 3.05) is 18.0 Å². The molecule has 0 radical (unpaired) electrons. The monoisotopic (exact) mass is 319 g/mol. The number of carbonyl (C=O) groups excluding carboxylic acids is 1. The topological polar surface area (TPSA) is 75.9 Å². The number of ether oxygens (including phenoxy) is 1. The number of anilines is 1. The van der Waals surface area contributed by atoms with Gasteiger partial charge in [-0.3, -0.25) is 10.1 Å². The summed E-state index contributed by atoms with van der Waals surface area (Å²) in [5.41, 5.74) is 0.434. The molecule has 1 aromatic carbocycles. The van der Waals surface area contributed by atoms with Crippen molar-refractivity contribution >= 4 is 17.5 Å². The SMILES string of the molecule is CC(C)(C)OC(=O)N1C[C@@H]2C[C@H]1CN2c1cccc([N+](=O)[O-])c1. The second-order valence-electron chi connectivity index (χ2n) is 7.11. The largest absolute Gasteiger partial charge is 0.444 e. The summed E-state index contributed by atoms with van der Waals surface area (Å²) in [6, 6.07) is 6.96. The van der Waals surface area contributed by atoms with Gasteiger partial charge in [0, 0.05) is 37.0 Å². The zero-order valence-corrected chi connectivity index (χ0v) is 13.6. The zero-order valence-electron chi connectivity index (χ0n) is 13.6. The van der Waals surface area contributed by atoms with E-state index in [4.69, 9.17) is 4.74 Å². The van der Waals surface area contributed by atoms with E-state index in [-0.39, 0.29) is 28.8 Å². The number of nitro groups is 1. The van der Waals surface area contributed by atoms with Crippen LogP contribution in [-0.2, 0) is 4.74 Å². The predicted molar refractivity (Wildman–Crippen MR) is 85.6 cm³/mol. The molecule has 2 heterocycles.